The van der Waals surface area contributed by atoms with Crippen molar-refractivity contribution in [3.8, 4) is 0 Å². The zero-order valence-corrected chi connectivity index (χ0v) is 12.1. The lowest BCUT2D eigenvalue weighted by atomic mass is 10.4. The third-order valence-electron chi connectivity index (χ3n) is 1.92. The van der Waals surface area contributed by atoms with Crippen molar-refractivity contribution in [3.63, 3.8) is 0 Å². The van der Waals surface area contributed by atoms with Crippen molar-refractivity contribution in [1.29, 1.82) is 0 Å². The third kappa shape index (κ3) is 11.9. The smallest absolute Gasteiger partial charge is 0.235 e. The Morgan fingerprint density at radius 2 is 1.71 bits per heavy atom. The second kappa shape index (κ2) is 10.8. The van der Waals surface area contributed by atoms with Gasteiger partial charge in [-0.1, -0.05) is 13.8 Å². The first-order valence-corrected chi connectivity index (χ1v) is 7.51. The number of halogens is 1. The van der Waals surface area contributed by atoms with E-state index in [1.54, 1.807) is 6.92 Å². The van der Waals surface area contributed by atoms with Crippen LogP contribution in [0.2, 0.25) is 0 Å². The summed E-state index contributed by atoms with van der Waals surface area (Å²) in [6.07, 6.45) is 1.59. The molecule has 0 aromatic rings. The Kier molecular flexibility index (Phi) is 12.1. The number of hydrogen-bond donors (Lipinski definition) is 2. The molecule has 0 aliphatic rings. The van der Waals surface area contributed by atoms with Gasteiger partial charge in [0, 0.05) is 13.1 Å². The van der Waals surface area contributed by atoms with Gasteiger partial charge in [-0.15, -0.1) is 12.4 Å². The number of nitrogens with one attached hydrogen (secondary N) is 2. The first-order chi connectivity index (χ1) is 7.52. The van der Waals surface area contributed by atoms with E-state index in [-0.39, 0.29) is 18.2 Å². The van der Waals surface area contributed by atoms with E-state index >= 15 is 0 Å². The molecule has 0 unspecified atom stereocenters. The molecule has 0 saturated heterocycles. The predicted molar refractivity (Wildman–Crippen MR) is 72.4 cm³/mol. The summed E-state index contributed by atoms with van der Waals surface area (Å²) in [5, 5.41) is 5.69. The fraction of sp³-hybridized carbons (Fsp3) is 0.900. The van der Waals surface area contributed by atoms with E-state index in [2.05, 4.69) is 17.6 Å². The normalized spacial score (nSPS) is 10.7. The van der Waals surface area contributed by atoms with Gasteiger partial charge in [0.25, 0.3) is 0 Å². The van der Waals surface area contributed by atoms with Crippen molar-refractivity contribution in [2.24, 2.45) is 0 Å². The monoisotopic (exact) mass is 286 g/mol. The van der Waals surface area contributed by atoms with E-state index in [4.69, 9.17) is 0 Å². The van der Waals surface area contributed by atoms with E-state index in [9.17, 15) is 13.2 Å². The topological polar surface area (TPSA) is 75.3 Å². The molecule has 0 aliphatic heterocycles. The standard InChI is InChI=1S/C10H22N2O3S.ClH/c1-3-5-11-6-7-12-10(13)9-16(14,15)8-4-2;/h11H,3-9H2,1-2H3,(H,12,13);1H. The van der Waals surface area contributed by atoms with Gasteiger partial charge in [0.15, 0.2) is 9.84 Å². The summed E-state index contributed by atoms with van der Waals surface area (Å²) in [5.41, 5.74) is 0. The van der Waals surface area contributed by atoms with Gasteiger partial charge in [-0.05, 0) is 19.4 Å². The molecule has 0 fully saturated rings. The summed E-state index contributed by atoms with van der Waals surface area (Å²) in [4.78, 5) is 11.2. The predicted octanol–water partition coefficient (Wildman–Crippen LogP) is 0.349. The maximum atomic E-state index is 11.3. The molecule has 1 amide bonds. The number of hydrogen-bond acceptors (Lipinski definition) is 4. The Bertz CT molecular complexity index is 294. The molecule has 0 aromatic heterocycles. The SMILES string of the molecule is CCCNCCNC(=O)CS(=O)(=O)CCC.Cl. The van der Waals surface area contributed by atoms with E-state index in [1.807, 2.05) is 0 Å². The maximum Gasteiger partial charge on any atom is 0.235 e. The number of sulfone groups is 1. The maximum absolute atomic E-state index is 11.3. The van der Waals surface area contributed by atoms with E-state index in [1.165, 1.54) is 0 Å². The van der Waals surface area contributed by atoms with E-state index in [0.717, 1.165) is 13.0 Å². The van der Waals surface area contributed by atoms with Gasteiger partial charge in [-0.25, -0.2) is 8.42 Å². The Hall–Kier alpha value is -0.330. The van der Waals surface area contributed by atoms with Crippen LogP contribution in [0, 0.1) is 0 Å². The molecule has 0 saturated carbocycles. The molecule has 0 bridgehead atoms. The van der Waals surface area contributed by atoms with Crippen molar-refractivity contribution in [1.82, 2.24) is 10.6 Å². The zero-order chi connectivity index (χ0) is 12.4. The van der Waals surface area contributed by atoms with Gasteiger partial charge in [0.1, 0.15) is 5.75 Å². The average molecular weight is 287 g/mol. The lowest BCUT2D eigenvalue weighted by Crippen LogP contribution is -2.36. The minimum Gasteiger partial charge on any atom is -0.354 e. The first kappa shape index (κ1) is 19.0. The molecule has 0 radical (unpaired) electrons. The zero-order valence-electron chi connectivity index (χ0n) is 10.5. The van der Waals surface area contributed by atoms with Crippen LogP contribution in [0.5, 0.6) is 0 Å². The first-order valence-electron chi connectivity index (χ1n) is 5.69. The number of rotatable bonds is 9. The molecule has 0 aromatic carbocycles. The third-order valence-corrected chi connectivity index (χ3v) is 3.65. The van der Waals surface area contributed by atoms with Crippen molar-refractivity contribution >= 4 is 28.2 Å². The fourth-order valence-corrected chi connectivity index (χ4v) is 2.49. The minimum atomic E-state index is -3.21. The Balaban J connectivity index is 0. The summed E-state index contributed by atoms with van der Waals surface area (Å²) in [6, 6.07) is 0. The van der Waals surface area contributed by atoms with Crippen molar-refractivity contribution in [2.45, 2.75) is 26.7 Å². The molecule has 17 heavy (non-hydrogen) atoms. The molecule has 2 N–H and O–H groups in total. The number of amides is 1. The molecule has 0 aliphatic carbocycles. The summed E-state index contributed by atoms with van der Waals surface area (Å²) in [5.74, 6) is -0.727. The second-order valence-electron chi connectivity index (χ2n) is 3.69. The largest absolute Gasteiger partial charge is 0.354 e. The lowest BCUT2D eigenvalue weighted by Gasteiger charge is -2.06. The van der Waals surface area contributed by atoms with Gasteiger partial charge >= 0.3 is 0 Å². The van der Waals surface area contributed by atoms with Gasteiger partial charge in [-0.2, -0.15) is 0 Å². The van der Waals surface area contributed by atoms with Crippen LogP contribution in [0.3, 0.4) is 0 Å². The Morgan fingerprint density at radius 3 is 2.24 bits per heavy atom. The fourth-order valence-electron chi connectivity index (χ4n) is 1.23. The Labute approximate surface area is 110 Å². The highest BCUT2D eigenvalue weighted by molar-refractivity contribution is 7.92. The molecule has 0 atom stereocenters. The average Bonchev–Trinajstić information content (AvgIpc) is 2.16. The number of carbonyl (C=O) groups is 1. The van der Waals surface area contributed by atoms with Crippen LogP contribution in [0.25, 0.3) is 0 Å². The quantitative estimate of drug-likeness (QED) is 0.600. The number of carbonyl (C=O) groups excluding carboxylic acids is 1. The summed E-state index contributed by atoms with van der Waals surface area (Å²) >= 11 is 0. The summed E-state index contributed by atoms with van der Waals surface area (Å²) < 4.78 is 22.6. The molecule has 0 spiro atoms. The summed E-state index contributed by atoms with van der Waals surface area (Å²) in [6.45, 7) is 5.89. The van der Waals surface area contributed by atoms with Crippen LogP contribution in [-0.4, -0.2) is 45.5 Å². The van der Waals surface area contributed by atoms with Crippen LogP contribution in [0.1, 0.15) is 26.7 Å². The van der Waals surface area contributed by atoms with Gasteiger partial charge < -0.3 is 10.6 Å². The van der Waals surface area contributed by atoms with Crippen molar-refractivity contribution in [3.05, 3.63) is 0 Å². The molecule has 0 heterocycles. The minimum absolute atomic E-state index is 0. The van der Waals surface area contributed by atoms with Crippen LogP contribution >= 0.6 is 12.4 Å². The van der Waals surface area contributed by atoms with Crippen molar-refractivity contribution < 1.29 is 13.2 Å². The van der Waals surface area contributed by atoms with E-state index in [0.29, 0.717) is 19.5 Å². The molecule has 7 heteroatoms. The molecule has 5 nitrogen and oxygen atoms in total. The highest BCUT2D eigenvalue weighted by Gasteiger charge is 2.14. The highest BCUT2D eigenvalue weighted by Crippen LogP contribution is 1.92. The van der Waals surface area contributed by atoms with Crippen LogP contribution < -0.4 is 10.6 Å². The van der Waals surface area contributed by atoms with Gasteiger partial charge in [0.2, 0.25) is 5.91 Å². The molecule has 104 valence electrons. The van der Waals surface area contributed by atoms with E-state index < -0.39 is 21.5 Å². The van der Waals surface area contributed by atoms with Crippen LogP contribution in [-0.2, 0) is 14.6 Å². The van der Waals surface area contributed by atoms with Crippen LogP contribution in [0.15, 0.2) is 0 Å². The molecule has 0 rings (SSSR count). The summed E-state index contributed by atoms with van der Waals surface area (Å²) in [7, 11) is -3.21. The Morgan fingerprint density at radius 1 is 1.06 bits per heavy atom. The second-order valence-corrected chi connectivity index (χ2v) is 5.88. The molecular weight excluding hydrogens is 264 g/mol. The molecular formula is C10H23ClN2O3S. The van der Waals surface area contributed by atoms with Crippen molar-refractivity contribution in [2.75, 3.05) is 31.1 Å². The van der Waals surface area contributed by atoms with Crippen LogP contribution in [0.4, 0.5) is 0 Å². The highest BCUT2D eigenvalue weighted by atomic mass is 35.5. The van der Waals surface area contributed by atoms with Gasteiger partial charge in [0.05, 0.1) is 5.75 Å². The van der Waals surface area contributed by atoms with Gasteiger partial charge in [-0.3, -0.25) is 4.79 Å². The lowest BCUT2D eigenvalue weighted by molar-refractivity contribution is -0.118.